The molecule has 52 heavy (non-hydrogen) atoms. The summed E-state index contributed by atoms with van der Waals surface area (Å²) in [6.07, 6.45) is 10.7. The predicted molar refractivity (Wildman–Crippen MR) is 211 cm³/mol. The number of hydrogen-bond acceptors (Lipinski definition) is 3. The first-order valence-electron chi connectivity index (χ1n) is 19.3. The predicted octanol–water partition coefficient (Wildman–Crippen LogP) is 12.1. The van der Waals surface area contributed by atoms with Crippen molar-refractivity contribution in [2.75, 3.05) is 0 Å². The third-order valence-electron chi connectivity index (χ3n) is 11.0. The van der Waals surface area contributed by atoms with Crippen LogP contribution >= 0.6 is 0 Å². The Hall–Kier alpha value is -3.95. The Balaban J connectivity index is 0.00000464. The van der Waals surface area contributed by atoms with Gasteiger partial charge in [0.15, 0.2) is 0 Å². The number of fused-ring (bicyclic) bond motifs is 3. The Kier molecular flexibility index (Phi) is 11.6. The molecule has 0 radical (unpaired) electrons. The molecule has 0 spiro atoms. The summed E-state index contributed by atoms with van der Waals surface area (Å²) in [5, 5.41) is 7.65. The van der Waals surface area contributed by atoms with Crippen LogP contribution in [0.4, 0.5) is 0 Å². The van der Waals surface area contributed by atoms with Gasteiger partial charge in [-0.3, -0.25) is 4.68 Å². The van der Waals surface area contributed by atoms with Crippen LogP contribution in [0.2, 0.25) is 0 Å². The molecule has 3 heterocycles. The summed E-state index contributed by atoms with van der Waals surface area (Å²) in [4.78, 5) is 4.79. The van der Waals surface area contributed by atoms with Gasteiger partial charge in [0.05, 0.1) is 5.69 Å². The Morgan fingerprint density at radius 3 is 2.38 bits per heavy atom. The molecule has 0 bridgehead atoms. The van der Waals surface area contributed by atoms with Crippen LogP contribution in [-0.2, 0) is 40.3 Å². The largest absolute Gasteiger partial charge is 2.00 e. The molecule has 7 rings (SSSR count). The summed E-state index contributed by atoms with van der Waals surface area (Å²) < 4.78 is 11.1. The third kappa shape index (κ3) is 6.94. The molecule has 0 aliphatic heterocycles. The molecule has 0 saturated heterocycles. The number of para-hydroxylation sites is 1. The molecule has 6 aromatic rings. The van der Waals surface area contributed by atoms with Gasteiger partial charge in [-0.05, 0) is 84.7 Å². The smallest absolute Gasteiger partial charge is 0.509 e. The first-order chi connectivity index (χ1) is 24.8. The topological polar surface area (TPSA) is 44.9 Å². The molecule has 0 fully saturated rings. The normalized spacial score (nSPS) is 17.5. The molecule has 5 nitrogen and oxygen atoms in total. The zero-order chi connectivity index (χ0) is 35.8. The molecule has 272 valence electrons. The Morgan fingerprint density at radius 2 is 1.67 bits per heavy atom. The molecule has 3 atom stereocenters. The van der Waals surface area contributed by atoms with E-state index in [0.29, 0.717) is 35.2 Å². The SMILES string of the molecule is CCC1=C[C@H](C)C[C@H](CC)C1c1c(CC)nn(-c2[c-]c(Oc3[c-]c4c(cc3)c3ccccc3n4-c3cc(CC)ccn3)cc(C(C)C)c2)c1CC.[Pt+2]. The van der Waals surface area contributed by atoms with Crippen molar-refractivity contribution in [1.29, 1.82) is 0 Å². The van der Waals surface area contributed by atoms with E-state index >= 15 is 0 Å². The molecule has 0 amide bonds. The van der Waals surface area contributed by atoms with E-state index in [2.05, 4.69) is 137 Å². The van der Waals surface area contributed by atoms with Crippen molar-refractivity contribution in [2.45, 2.75) is 106 Å². The monoisotopic (exact) mass is 871 g/mol. The van der Waals surface area contributed by atoms with Gasteiger partial charge >= 0.3 is 21.1 Å². The van der Waals surface area contributed by atoms with Crippen LogP contribution in [0.5, 0.6) is 11.5 Å². The van der Waals surface area contributed by atoms with E-state index < -0.39 is 0 Å². The van der Waals surface area contributed by atoms with E-state index in [4.69, 9.17) is 14.8 Å². The van der Waals surface area contributed by atoms with E-state index in [1.54, 1.807) is 5.57 Å². The molecule has 1 aliphatic rings. The molecule has 0 saturated carbocycles. The number of benzene rings is 3. The fourth-order valence-corrected chi connectivity index (χ4v) is 8.43. The van der Waals surface area contributed by atoms with Gasteiger partial charge < -0.3 is 9.30 Å². The summed E-state index contributed by atoms with van der Waals surface area (Å²) in [6, 6.07) is 28.6. The van der Waals surface area contributed by atoms with Gasteiger partial charge in [0.25, 0.3) is 0 Å². The summed E-state index contributed by atoms with van der Waals surface area (Å²) in [5.74, 6) is 4.17. The number of rotatable bonds is 11. The van der Waals surface area contributed by atoms with Crippen molar-refractivity contribution in [3.63, 3.8) is 0 Å². The maximum Gasteiger partial charge on any atom is 2.00 e. The number of aromatic nitrogens is 4. The van der Waals surface area contributed by atoms with Crippen molar-refractivity contribution < 1.29 is 25.8 Å². The molecule has 6 heteroatoms. The second-order valence-corrected chi connectivity index (χ2v) is 14.6. The second-order valence-electron chi connectivity index (χ2n) is 14.6. The average molecular weight is 872 g/mol. The van der Waals surface area contributed by atoms with Crippen LogP contribution < -0.4 is 4.74 Å². The van der Waals surface area contributed by atoms with Crippen LogP contribution in [0.1, 0.15) is 115 Å². The number of pyridine rings is 1. The van der Waals surface area contributed by atoms with Gasteiger partial charge in [0.2, 0.25) is 0 Å². The summed E-state index contributed by atoms with van der Waals surface area (Å²) in [7, 11) is 0. The summed E-state index contributed by atoms with van der Waals surface area (Å²) >= 11 is 0. The molecule has 1 aliphatic carbocycles. The van der Waals surface area contributed by atoms with Gasteiger partial charge in [0, 0.05) is 40.4 Å². The van der Waals surface area contributed by atoms with Gasteiger partial charge in [-0.25, -0.2) is 4.98 Å². The standard InChI is InChI=1S/C46H52N4O.Pt/c1-9-31-20-21-47-44(24-31)49-42-17-15-14-16-38(42)39-19-18-36(28-43(39)49)51-37-26-34(29(6)7)25-35(27-37)50-41(13-5)46(40(12-4)48-50)45-32(10-2)22-30(8)23-33(45)11-3;/h14-22,24-26,29-30,33,45H,9-13,23H2,1-8H3;/q-2;+2/t30-,33-,45?;/m0./s1. The number of aryl methyl sites for hydroxylation is 2. The molecule has 0 N–H and O–H groups in total. The van der Waals surface area contributed by atoms with E-state index in [1.165, 1.54) is 46.3 Å². The quantitative estimate of drug-likeness (QED) is 0.0962. The minimum Gasteiger partial charge on any atom is -0.509 e. The second kappa shape index (κ2) is 16.0. The van der Waals surface area contributed by atoms with Gasteiger partial charge in [-0.1, -0.05) is 97.2 Å². The van der Waals surface area contributed by atoms with Crippen LogP contribution in [0.3, 0.4) is 0 Å². The fraction of sp³-hybridized carbons (Fsp3) is 0.391. The van der Waals surface area contributed by atoms with Crippen LogP contribution in [0.25, 0.3) is 33.3 Å². The van der Waals surface area contributed by atoms with E-state index in [9.17, 15) is 0 Å². The first-order valence-corrected chi connectivity index (χ1v) is 19.3. The Morgan fingerprint density at radius 1 is 0.865 bits per heavy atom. The molecular weight excluding hydrogens is 820 g/mol. The minimum absolute atomic E-state index is 0. The molecular formula is C46H52N4OPt. The van der Waals surface area contributed by atoms with Crippen LogP contribution in [0, 0.1) is 24.0 Å². The van der Waals surface area contributed by atoms with Gasteiger partial charge in [-0.2, -0.15) is 11.2 Å². The van der Waals surface area contributed by atoms with Crippen molar-refractivity contribution in [1.82, 2.24) is 19.3 Å². The van der Waals surface area contributed by atoms with Crippen molar-refractivity contribution >= 4 is 21.8 Å². The average Bonchev–Trinajstić information content (AvgIpc) is 3.69. The van der Waals surface area contributed by atoms with Crippen LogP contribution in [0.15, 0.2) is 78.5 Å². The molecule has 3 aromatic heterocycles. The number of nitrogens with zero attached hydrogens (tertiary/aromatic N) is 4. The van der Waals surface area contributed by atoms with Crippen molar-refractivity contribution in [2.24, 2.45) is 11.8 Å². The maximum atomic E-state index is 6.71. The Labute approximate surface area is 324 Å². The zero-order valence-electron chi connectivity index (χ0n) is 32.0. The number of allylic oxidation sites excluding steroid dienone is 2. The van der Waals surface area contributed by atoms with Gasteiger partial charge in [0.1, 0.15) is 5.82 Å². The van der Waals surface area contributed by atoms with Crippen molar-refractivity contribution in [3.05, 3.63) is 119 Å². The number of hydrogen-bond donors (Lipinski definition) is 0. The van der Waals surface area contributed by atoms with Crippen LogP contribution in [-0.4, -0.2) is 19.3 Å². The molecule has 1 unspecified atom stereocenters. The third-order valence-corrected chi connectivity index (χ3v) is 11.0. The van der Waals surface area contributed by atoms with E-state index in [1.807, 2.05) is 12.3 Å². The zero-order valence-corrected chi connectivity index (χ0v) is 34.3. The van der Waals surface area contributed by atoms with Crippen molar-refractivity contribution in [3.8, 4) is 23.0 Å². The Bertz CT molecular complexity index is 2220. The molecule has 3 aromatic carbocycles. The van der Waals surface area contributed by atoms with Gasteiger partial charge in [-0.15, -0.1) is 41.3 Å². The number of ether oxygens (including phenoxy) is 1. The first kappa shape index (κ1) is 37.8. The van der Waals surface area contributed by atoms with E-state index in [0.717, 1.165) is 53.6 Å². The summed E-state index contributed by atoms with van der Waals surface area (Å²) in [5.41, 5.74) is 11.0. The minimum atomic E-state index is 0. The van der Waals surface area contributed by atoms with E-state index in [-0.39, 0.29) is 21.1 Å². The fourth-order valence-electron chi connectivity index (χ4n) is 8.43. The summed E-state index contributed by atoms with van der Waals surface area (Å²) in [6.45, 7) is 18.2. The maximum absolute atomic E-state index is 6.71.